The van der Waals surface area contributed by atoms with Gasteiger partial charge in [0.05, 0.1) is 22.5 Å². The van der Waals surface area contributed by atoms with Crippen LogP contribution in [0.25, 0.3) is 39.1 Å². The Labute approximate surface area is 179 Å². The van der Waals surface area contributed by atoms with E-state index in [4.69, 9.17) is 10.1 Å². The molecule has 31 heavy (non-hydrogen) atoms. The van der Waals surface area contributed by atoms with Crippen LogP contribution in [-0.4, -0.2) is 14.8 Å². The lowest BCUT2D eigenvalue weighted by atomic mass is 9.83. The highest BCUT2D eigenvalue weighted by Gasteiger charge is 2.26. The molecule has 0 saturated heterocycles. The number of hydrogen-bond acceptors (Lipinski definition) is 2. The maximum atomic E-state index is 13.7. The minimum absolute atomic E-state index is 0.232. The Morgan fingerprint density at radius 2 is 1.58 bits per heavy atom. The zero-order valence-electron chi connectivity index (χ0n) is 17.1. The number of halogens is 1. The van der Waals surface area contributed by atoms with Crippen LogP contribution in [0.4, 0.5) is 4.39 Å². The second-order valence-corrected chi connectivity index (χ2v) is 8.01. The molecule has 1 aliphatic carbocycles. The molecule has 0 spiro atoms. The number of hydrogen-bond donors (Lipinski definition) is 0. The Bertz CT molecular complexity index is 1430. The van der Waals surface area contributed by atoms with Crippen molar-refractivity contribution in [2.75, 3.05) is 0 Å². The summed E-state index contributed by atoms with van der Waals surface area (Å²) in [6.07, 6.45) is 1.87. The van der Waals surface area contributed by atoms with Crippen LogP contribution in [0.15, 0.2) is 78.9 Å². The predicted octanol–water partition coefficient (Wildman–Crippen LogP) is 6.30. The molecular weight excluding hydrogens is 385 g/mol. The molecule has 0 atom stereocenters. The lowest BCUT2D eigenvalue weighted by Crippen LogP contribution is -2.09. The largest absolute Gasteiger partial charge is 0.228 e. The summed E-state index contributed by atoms with van der Waals surface area (Å²) in [4.78, 5) is 5.18. The van der Waals surface area contributed by atoms with Crippen LogP contribution >= 0.6 is 0 Å². The van der Waals surface area contributed by atoms with E-state index in [9.17, 15) is 4.39 Å². The molecule has 0 aliphatic heterocycles. The first-order valence-electron chi connectivity index (χ1n) is 10.5. The summed E-state index contributed by atoms with van der Waals surface area (Å²) in [5, 5.41) is 5.91. The molecule has 1 aliphatic rings. The number of nitrogens with zero attached hydrogens (tertiary/aromatic N) is 3. The minimum atomic E-state index is -0.232. The van der Waals surface area contributed by atoms with Gasteiger partial charge in [-0.25, -0.2) is 14.1 Å². The van der Waals surface area contributed by atoms with E-state index in [-0.39, 0.29) is 5.82 Å². The molecule has 0 unspecified atom stereocenters. The lowest BCUT2D eigenvalue weighted by Gasteiger charge is -2.23. The quantitative estimate of drug-likeness (QED) is 0.345. The van der Waals surface area contributed by atoms with E-state index in [1.807, 2.05) is 54.1 Å². The molecule has 5 aromatic rings. The molecule has 0 radical (unpaired) electrons. The molecule has 150 valence electrons. The third-order valence-corrected chi connectivity index (χ3v) is 6.14. The van der Waals surface area contributed by atoms with Crippen LogP contribution in [0, 0.1) is 12.7 Å². The van der Waals surface area contributed by atoms with Gasteiger partial charge in [0.25, 0.3) is 0 Å². The number of aromatic nitrogens is 3. The maximum absolute atomic E-state index is 13.7. The fourth-order valence-electron chi connectivity index (χ4n) is 4.73. The third-order valence-electron chi connectivity index (χ3n) is 6.14. The van der Waals surface area contributed by atoms with Crippen molar-refractivity contribution >= 4 is 11.0 Å². The van der Waals surface area contributed by atoms with Gasteiger partial charge in [0.1, 0.15) is 5.82 Å². The average molecular weight is 405 g/mol. The zero-order valence-corrected chi connectivity index (χ0v) is 17.1. The van der Waals surface area contributed by atoms with Crippen molar-refractivity contribution in [1.82, 2.24) is 14.8 Å². The smallest absolute Gasteiger partial charge is 0.164 e. The van der Waals surface area contributed by atoms with Crippen LogP contribution in [0.3, 0.4) is 0 Å². The van der Waals surface area contributed by atoms with E-state index in [1.165, 1.54) is 28.8 Å². The highest BCUT2D eigenvalue weighted by Crippen LogP contribution is 2.42. The highest BCUT2D eigenvalue weighted by molar-refractivity contribution is 6.00. The van der Waals surface area contributed by atoms with Crippen LogP contribution in [0.2, 0.25) is 0 Å². The summed E-state index contributed by atoms with van der Waals surface area (Å²) >= 11 is 0. The van der Waals surface area contributed by atoms with Gasteiger partial charge in [0, 0.05) is 5.56 Å². The third kappa shape index (κ3) is 2.79. The summed E-state index contributed by atoms with van der Waals surface area (Å²) < 4.78 is 15.7. The van der Waals surface area contributed by atoms with Gasteiger partial charge in [-0.15, -0.1) is 0 Å². The summed E-state index contributed by atoms with van der Waals surface area (Å²) in [5.74, 6) is -0.232. The summed E-state index contributed by atoms with van der Waals surface area (Å²) in [7, 11) is 0. The Morgan fingerprint density at radius 1 is 0.839 bits per heavy atom. The van der Waals surface area contributed by atoms with Gasteiger partial charge in [-0.2, -0.15) is 5.10 Å². The number of pyridine rings is 1. The fraction of sp³-hybridized carbons (Fsp3) is 0.111. The standard InChI is InChI=1S/C27H20FN3/c1-17-24-25(19-11-14-20(28)15-12-19)23-16-13-18-7-5-6-10-22(18)26(23)29-27(24)31(30-17)21-8-3-2-4-9-21/h2-12,14-15H,13,16H2,1H3. The van der Waals surface area contributed by atoms with E-state index >= 15 is 0 Å². The van der Waals surface area contributed by atoms with Crippen LogP contribution < -0.4 is 0 Å². The number of aryl methyl sites for hydroxylation is 2. The summed E-state index contributed by atoms with van der Waals surface area (Å²) in [6.45, 7) is 2.03. The molecule has 3 nitrogen and oxygen atoms in total. The van der Waals surface area contributed by atoms with Crippen molar-refractivity contribution in [2.24, 2.45) is 0 Å². The van der Waals surface area contributed by atoms with Gasteiger partial charge in [-0.1, -0.05) is 54.6 Å². The normalized spacial score (nSPS) is 12.6. The number of rotatable bonds is 2. The molecule has 2 heterocycles. The van der Waals surface area contributed by atoms with Gasteiger partial charge >= 0.3 is 0 Å². The lowest BCUT2D eigenvalue weighted by molar-refractivity contribution is 0.628. The van der Waals surface area contributed by atoms with Crippen molar-refractivity contribution < 1.29 is 4.39 Å². The van der Waals surface area contributed by atoms with Crippen molar-refractivity contribution in [3.05, 3.63) is 102 Å². The van der Waals surface area contributed by atoms with E-state index in [0.717, 1.165) is 52.1 Å². The Kier molecular flexibility index (Phi) is 4.00. The predicted molar refractivity (Wildman–Crippen MR) is 122 cm³/mol. The Hall–Kier alpha value is -3.79. The number of benzene rings is 3. The van der Waals surface area contributed by atoms with E-state index < -0.39 is 0 Å². The summed E-state index contributed by atoms with van der Waals surface area (Å²) in [5.41, 5.74) is 9.56. The molecule has 2 aromatic heterocycles. The van der Waals surface area contributed by atoms with Crippen LogP contribution in [0.5, 0.6) is 0 Å². The first-order valence-corrected chi connectivity index (χ1v) is 10.5. The molecule has 0 amide bonds. The van der Waals surface area contributed by atoms with E-state index in [1.54, 1.807) is 0 Å². The first-order chi connectivity index (χ1) is 15.2. The van der Waals surface area contributed by atoms with Gasteiger partial charge in [-0.3, -0.25) is 0 Å². The molecule has 0 fully saturated rings. The van der Waals surface area contributed by atoms with Gasteiger partial charge < -0.3 is 0 Å². The molecule has 4 heteroatoms. The first kappa shape index (κ1) is 18.0. The molecule has 3 aromatic carbocycles. The van der Waals surface area contributed by atoms with Crippen molar-refractivity contribution in [3.63, 3.8) is 0 Å². The number of para-hydroxylation sites is 1. The zero-order chi connectivity index (χ0) is 20.9. The Balaban J connectivity index is 1.75. The molecular formula is C27H20FN3. The molecule has 0 bridgehead atoms. The van der Waals surface area contributed by atoms with Crippen LogP contribution in [-0.2, 0) is 12.8 Å². The molecule has 6 rings (SSSR count). The van der Waals surface area contributed by atoms with E-state index in [0.29, 0.717) is 0 Å². The fourth-order valence-corrected chi connectivity index (χ4v) is 4.73. The SMILES string of the molecule is Cc1nn(-c2ccccc2)c2nc3c(c(-c4ccc(F)cc4)c12)CCc1ccccc1-3. The second kappa shape index (κ2) is 6.88. The van der Waals surface area contributed by atoms with Gasteiger partial charge in [-0.05, 0) is 66.3 Å². The maximum Gasteiger partial charge on any atom is 0.164 e. The van der Waals surface area contributed by atoms with Crippen molar-refractivity contribution in [3.8, 4) is 28.1 Å². The molecule has 0 saturated carbocycles. The monoisotopic (exact) mass is 405 g/mol. The highest BCUT2D eigenvalue weighted by atomic mass is 19.1. The van der Waals surface area contributed by atoms with Gasteiger partial charge in [0.15, 0.2) is 5.65 Å². The minimum Gasteiger partial charge on any atom is -0.228 e. The van der Waals surface area contributed by atoms with Gasteiger partial charge in [0.2, 0.25) is 0 Å². The second-order valence-electron chi connectivity index (χ2n) is 8.01. The topological polar surface area (TPSA) is 30.7 Å². The number of fused-ring (bicyclic) bond motifs is 4. The Morgan fingerprint density at radius 3 is 2.39 bits per heavy atom. The molecule has 0 N–H and O–H groups in total. The summed E-state index contributed by atoms with van der Waals surface area (Å²) in [6, 6.07) is 25.4. The van der Waals surface area contributed by atoms with Crippen molar-refractivity contribution in [1.29, 1.82) is 0 Å². The van der Waals surface area contributed by atoms with Crippen LogP contribution in [0.1, 0.15) is 16.8 Å². The van der Waals surface area contributed by atoms with E-state index in [2.05, 4.69) is 24.3 Å². The average Bonchev–Trinajstić information content (AvgIpc) is 3.15. The van der Waals surface area contributed by atoms with Crippen molar-refractivity contribution in [2.45, 2.75) is 19.8 Å².